The van der Waals surface area contributed by atoms with E-state index >= 15 is 0 Å². The molecule has 0 aromatic heterocycles. The molecular formula is C14H27N3O2. The highest BCUT2D eigenvalue weighted by molar-refractivity contribution is 5.86. The van der Waals surface area contributed by atoms with E-state index in [0.717, 1.165) is 19.3 Å². The van der Waals surface area contributed by atoms with Crippen LogP contribution in [0.3, 0.4) is 0 Å². The molecule has 0 saturated heterocycles. The number of carbonyl (C=O) groups is 2. The lowest BCUT2D eigenvalue weighted by molar-refractivity contribution is -0.143. The maximum Gasteiger partial charge on any atom is 0.241 e. The summed E-state index contributed by atoms with van der Waals surface area (Å²) < 4.78 is 0. The Balaban J connectivity index is 2.69. The average molecular weight is 269 g/mol. The minimum atomic E-state index is -0.126. The van der Waals surface area contributed by atoms with Crippen LogP contribution in [0.2, 0.25) is 0 Å². The van der Waals surface area contributed by atoms with Gasteiger partial charge in [0.2, 0.25) is 11.8 Å². The molecule has 0 bridgehead atoms. The maximum atomic E-state index is 12.5. The van der Waals surface area contributed by atoms with Gasteiger partial charge in [-0.25, -0.2) is 0 Å². The van der Waals surface area contributed by atoms with Gasteiger partial charge in [0, 0.05) is 26.7 Å². The Bertz CT molecular complexity index is 331. The van der Waals surface area contributed by atoms with Crippen LogP contribution in [-0.2, 0) is 9.59 Å². The van der Waals surface area contributed by atoms with E-state index in [9.17, 15) is 9.59 Å². The SMILES string of the molecule is CCN(CC(=O)N(C)C)C(=O)C1CC(C)CCC1N. The first-order chi connectivity index (χ1) is 8.86. The van der Waals surface area contributed by atoms with Crippen molar-refractivity contribution >= 4 is 11.8 Å². The molecule has 3 atom stereocenters. The zero-order chi connectivity index (χ0) is 14.6. The Morgan fingerprint density at radius 1 is 1.26 bits per heavy atom. The van der Waals surface area contributed by atoms with Gasteiger partial charge < -0.3 is 15.5 Å². The highest BCUT2D eigenvalue weighted by Gasteiger charge is 2.34. The first kappa shape index (κ1) is 16.0. The number of nitrogens with zero attached hydrogens (tertiary/aromatic N) is 2. The second-order valence-electron chi connectivity index (χ2n) is 5.83. The summed E-state index contributed by atoms with van der Waals surface area (Å²) in [6.07, 6.45) is 2.83. The number of nitrogens with two attached hydrogens (primary N) is 1. The zero-order valence-electron chi connectivity index (χ0n) is 12.6. The van der Waals surface area contributed by atoms with Crippen molar-refractivity contribution in [2.75, 3.05) is 27.2 Å². The molecule has 3 unspecified atom stereocenters. The molecule has 2 amide bonds. The largest absolute Gasteiger partial charge is 0.347 e. The van der Waals surface area contributed by atoms with Crippen molar-refractivity contribution in [2.24, 2.45) is 17.6 Å². The average Bonchev–Trinajstić information content (AvgIpc) is 2.37. The van der Waals surface area contributed by atoms with E-state index < -0.39 is 0 Å². The van der Waals surface area contributed by atoms with Crippen LogP contribution >= 0.6 is 0 Å². The highest BCUT2D eigenvalue weighted by Crippen LogP contribution is 2.29. The second kappa shape index (κ2) is 6.89. The molecule has 0 aromatic carbocycles. The van der Waals surface area contributed by atoms with Crippen molar-refractivity contribution in [3.05, 3.63) is 0 Å². The molecule has 1 aliphatic carbocycles. The molecule has 5 nitrogen and oxygen atoms in total. The fourth-order valence-corrected chi connectivity index (χ4v) is 2.57. The molecule has 1 fully saturated rings. The third kappa shape index (κ3) is 4.20. The molecule has 2 N–H and O–H groups in total. The van der Waals surface area contributed by atoms with E-state index in [4.69, 9.17) is 5.73 Å². The minimum absolute atomic E-state index is 0.0387. The van der Waals surface area contributed by atoms with Gasteiger partial charge in [0.1, 0.15) is 0 Å². The molecule has 0 aliphatic heterocycles. The van der Waals surface area contributed by atoms with Gasteiger partial charge >= 0.3 is 0 Å². The summed E-state index contributed by atoms with van der Waals surface area (Å²) in [7, 11) is 3.41. The highest BCUT2D eigenvalue weighted by atomic mass is 16.2. The number of likely N-dealkylation sites (N-methyl/N-ethyl adjacent to an activating group) is 2. The Morgan fingerprint density at radius 3 is 2.42 bits per heavy atom. The van der Waals surface area contributed by atoms with Crippen LogP contribution < -0.4 is 5.73 Å². The summed E-state index contributed by atoms with van der Waals surface area (Å²) >= 11 is 0. The number of hydrogen-bond acceptors (Lipinski definition) is 3. The predicted molar refractivity (Wildman–Crippen MR) is 75.4 cm³/mol. The van der Waals surface area contributed by atoms with Crippen LogP contribution in [0, 0.1) is 11.8 Å². The van der Waals surface area contributed by atoms with Crippen molar-refractivity contribution in [1.82, 2.24) is 9.80 Å². The van der Waals surface area contributed by atoms with E-state index in [0.29, 0.717) is 12.5 Å². The van der Waals surface area contributed by atoms with Gasteiger partial charge in [-0.15, -0.1) is 0 Å². The van der Waals surface area contributed by atoms with Crippen molar-refractivity contribution in [3.8, 4) is 0 Å². The zero-order valence-corrected chi connectivity index (χ0v) is 12.6. The fourth-order valence-electron chi connectivity index (χ4n) is 2.57. The van der Waals surface area contributed by atoms with Gasteiger partial charge in [0.15, 0.2) is 0 Å². The number of rotatable bonds is 4. The van der Waals surface area contributed by atoms with Crippen molar-refractivity contribution in [2.45, 2.75) is 39.2 Å². The summed E-state index contributed by atoms with van der Waals surface area (Å²) in [4.78, 5) is 27.4. The molecule has 1 saturated carbocycles. The Labute approximate surface area is 116 Å². The van der Waals surface area contributed by atoms with E-state index in [1.807, 2.05) is 6.92 Å². The van der Waals surface area contributed by atoms with Gasteiger partial charge in [-0.1, -0.05) is 6.92 Å². The smallest absolute Gasteiger partial charge is 0.241 e. The number of hydrogen-bond donors (Lipinski definition) is 1. The van der Waals surface area contributed by atoms with Crippen molar-refractivity contribution < 1.29 is 9.59 Å². The monoisotopic (exact) mass is 269 g/mol. The normalized spacial score (nSPS) is 26.9. The van der Waals surface area contributed by atoms with E-state index in [1.54, 1.807) is 19.0 Å². The first-order valence-corrected chi connectivity index (χ1v) is 7.11. The maximum absolute atomic E-state index is 12.5. The second-order valence-corrected chi connectivity index (χ2v) is 5.83. The summed E-state index contributed by atoms with van der Waals surface area (Å²) in [5.41, 5.74) is 6.08. The first-order valence-electron chi connectivity index (χ1n) is 7.11. The van der Waals surface area contributed by atoms with Gasteiger partial charge in [-0.3, -0.25) is 9.59 Å². The van der Waals surface area contributed by atoms with Crippen LogP contribution in [0.5, 0.6) is 0 Å². The van der Waals surface area contributed by atoms with Crippen LogP contribution in [0.25, 0.3) is 0 Å². The van der Waals surface area contributed by atoms with E-state index in [2.05, 4.69) is 6.92 Å². The summed E-state index contributed by atoms with van der Waals surface area (Å²) in [5.74, 6) is 0.403. The molecule has 0 spiro atoms. The summed E-state index contributed by atoms with van der Waals surface area (Å²) in [5, 5.41) is 0. The third-order valence-corrected chi connectivity index (χ3v) is 4.00. The van der Waals surface area contributed by atoms with Crippen molar-refractivity contribution in [1.29, 1.82) is 0 Å². The summed E-state index contributed by atoms with van der Waals surface area (Å²) in [6.45, 7) is 4.77. The molecule has 110 valence electrons. The molecular weight excluding hydrogens is 242 g/mol. The topological polar surface area (TPSA) is 66.6 Å². The molecule has 0 heterocycles. The van der Waals surface area contributed by atoms with Gasteiger partial charge in [-0.05, 0) is 32.1 Å². The summed E-state index contributed by atoms with van der Waals surface area (Å²) in [6, 6.07) is -0.0628. The van der Waals surface area contributed by atoms with Crippen LogP contribution in [0.4, 0.5) is 0 Å². The van der Waals surface area contributed by atoms with Gasteiger partial charge in [0.05, 0.1) is 12.5 Å². The molecule has 0 radical (unpaired) electrons. The molecule has 5 heteroatoms. The quantitative estimate of drug-likeness (QED) is 0.816. The number of amides is 2. The van der Waals surface area contributed by atoms with Gasteiger partial charge in [0.25, 0.3) is 0 Å². The lowest BCUT2D eigenvalue weighted by Crippen LogP contribution is -2.49. The Kier molecular flexibility index (Phi) is 5.79. The van der Waals surface area contributed by atoms with Crippen LogP contribution in [0.15, 0.2) is 0 Å². The molecule has 0 aromatic rings. The van der Waals surface area contributed by atoms with E-state index in [1.165, 1.54) is 4.90 Å². The Hall–Kier alpha value is -1.10. The Morgan fingerprint density at radius 2 is 1.89 bits per heavy atom. The molecule has 1 aliphatic rings. The van der Waals surface area contributed by atoms with Crippen LogP contribution in [0.1, 0.15) is 33.1 Å². The van der Waals surface area contributed by atoms with Crippen LogP contribution in [-0.4, -0.2) is 54.8 Å². The minimum Gasteiger partial charge on any atom is -0.347 e. The standard InChI is InChI=1S/C14H27N3O2/c1-5-17(9-13(18)16(3)4)14(19)11-8-10(2)6-7-12(11)15/h10-12H,5-9,15H2,1-4H3. The predicted octanol–water partition coefficient (Wildman–Crippen LogP) is 0.687. The lowest BCUT2D eigenvalue weighted by Gasteiger charge is -2.35. The number of carbonyl (C=O) groups excluding carboxylic acids is 2. The third-order valence-electron chi connectivity index (χ3n) is 4.00. The fraction of sp³-hybridized carbons (Fsp3) is 0.857. The molecule has 19 heavy (non-hydrogen) atoms. The lowest BCUT2D eigenvalue weighted by atomic mass is 9.78. The molecule has 1 rings (SSSR count). The van der Waals surface area contributed by atoms with E-state index in [-0.39, 0.29) is 30.3 Å². The van der Waals surface area contributed by atoms with Crippen molar-refractivity contribution in [3.63, 3.8) is 0 Å². The van der Waals surface area contributed by atoms with Gasteiger partial charge in [-0.2, -0.15) is 0 Å².